The first-order valence-electron chi connectivity index (χ1n) is 6.32. The molecule has 1 aliphatic carbocycles. The van der Waals surface area contributed by atoms with E-state index in [1.807, 2.05) is 6.21 Å². The van der Waals surface area contributed by atoms with Gasteiger partial charge in [0.05, 0.1) is 6.04 Å². The molecule has 90 valence electrons. The SMILES string of the molecule is CC1CC(/C(C=NC2CC2)=C/N)CN(C)C1. The third kappa shape index (κ3) is 3.08. The standard InChI is InChI=1S/C13H23N3/c1-10-5-11(9-16(2)8-10)12(6-14)7-15-13-3-4-13/h6-7,10-11,13H,3-5,8-9,14H2,1-2H3/b12-6+,15-7?. The number of likely N-dealkylation sites (tertiary alicyclic amines) is 1. The Balaban J connectivity index is 1.97. The summed E-state index contributed by atoms with van der Waals surface area (Å²) in [6.45, 7) is 4.63. The van der Waals surface area contributed by atoms with Gasteiger partial charge >= 0.3 is 0 Å². The van der Waals surface area contributed by atoms with Crippen LogP contribution in [0.15, 0.2) is 16.8 Å². The maximum atomic E-state index is 5.73. The predicted molar refractivity (Wildman–Crippen MR) is 68.6 cm³/mol. The lowest BCUT2D eigenvalue weighted by molar-refractivity contribution is 0.182. The van der Waals surface area contributed by atoms with Gasteiger partial charge in [-0.15, -0.1) is 0 Å². The molecule has 2 rings (SSSR count). The lowest BCUT2D eigenvalue weighted by atomic mass is 9.86. The number of aliphatic imine (C=N–C) groups is 1. The summed E-state index contributed by atoms with van der Waals surface area (Å²) in [6, 6.07) is 0.591. The van der Waals surface area contributed by atoms with Gasteiger partial charge in [0.25, 0.3) is 0 Å². The average molecular weight is 221 g/mol. The van der Waals surface area contributed by atoms with E-state index in [-0.39, 0.29) is 0 Å². The maximum Gasteiger partial charge on any atom is 0.0501 e. The number of nitrogens with zero attached hydrogens (tertiary/aromatic N) is 2. The van der Waals surface area contributed by atoms with E-state index in [1.165, 1.54) is 31.4 Å². The molecule has 2 atom stereocenters. The third-order valence-corrected chi connectivity index (χ3v) is 3.49. The lowest BCUT2D eigenvalue weighted by Crippen LogP contribution is -2.38. The summed E-state index contributed by atoms with van der Waals surface area (Å²) in [4.78, 5) is 6.94. The van der Waals surface area contributed by atoms with Crippen LogP contribution in [0.3, 0.4) is 0 Å². The van der Waals surface area contributed by atoms with Gasteiger partial charge in [-0.05, 0) is 49.9 Å². The van der Waals surface area contributed by atoms with Crippen molar-refractivity contribution in [1.29, 1.82) is 0 Å². The predicted octanol–water partition coefficient (Wildman–Crippen LogP) is 1.65. The minimum absolute atomic E-state index is 0.571. The van der Waals surface area contributed by atoms with Crippen molar-refractivity contribution < 1.29 is 0 Å². The van der Waals surface area contributed by atoms with Crippen LogP contribution < -0.4 is 5.73 Å². The summed E-state index contributed by atoms with van der Waals surface area (Å²) in [7, 11) is 2.19. The molecule has 3 nitrogen and oxygen atoms in total. The molecule has 0 radical (unpaired) electrons. The Morgan fingerprint density at radius 3 is 2.69 bits per heavy atom. The van der Waals surface area contributed by atoms with Crippen LogP contribution in [0.2, 0.25) is 0 Å². The lowest BCUT2D eigenvalue weighted by Gasteiger charge is -2.34. The fourth-order valence-corrected chi connectivity index (χ4v) is 2.56. The molecule has 2 unspecified atom stereocenters. The van der Waals surface area contributed by atoms with Crippen LogP contribution in [0.4, 0.5) is 0 Å². The number of hydrogen-bond donors (Lipinski definition) is 1. The zero-order chi connectivity index (χ0) is 11.5. The summed E-state index contributed by atoms with van der Waals surface area (Å²) in [5.41, 5.74) is 6.96. The topological polar surface area (TPSA) is 41.6 Å². The van der Waals surface area contributed by atoms with E-state index in [0.717, 1.165) is 12.5 Å². The Bertz CT molecular complexity index is 282. The second kappa shape index (κ2) is 5.00. The van der Waals surface area contributed by atoms with Crippen molar-refractivity contribution in [3.63, 3.8) is 0 Å². The van der Waals surface area contributed by atoms with Crippen LogP contribution in [0, 0.1) is 11.8 Å². The van der Waals surface area contributed by atoms with Crippen LogP contribution >= 0.6 is 0 Å². The van der Waals surface area contributed by atoms with Gasteiger partial charge in [-0.2, -0.15) is 0 Å². The van der Waals surface area contributed by atoms with Crippen molar-refractivity contribution in [2.75, 3.05) is 20.1 Å². The quantitative estimate of drug-likeness (QED) is 0.736. The average Bonchev–Trinajstić information content (AvgIpc) is 3.01. The van der Waals surface area contributed by atoms with E-state index < -0.39 is 0 Å². The van der Waals surface area contributed by atoms with Crippen LogP contribution in [-0.4, -0.2) is 37.3 Å². The number of piperidine rings is 1. The van der Waals surface area contributed by atoms with Gasteiger partial charge in [0.1, 0.15) is 0 Å². The van der Waals surface area contributed by atoms with Crippen LogP contribution in [0.5, 0.6) is 0 Å². The second-order valence-electron chi connectivity index (χ2n) is 5.44. The van der Waals surface area contributed by atoms with E-state index in [1.54, 1.807) is 6.20 Å². The zero-order valence-electron chi connectivity index (χ0n) is 10.4. The maximum absolute atomic E-state index is 5.73. The summed E-state index contributed by atoms with van der Waals surface area (Å²) >= 11 is 0. The first-order valence-corrected chi connectivity index (χ1v) is 6.32. The highest BCUT2D eigenvalue weighted by molar-refractivity contribution is 5.79. The van der Waals surface area contributed by atoms with E-state index in [9.17, 15) is 0 Å². The minimum atomic E-state index is 0.571. The van der Waals surface area contributed by atoms with Gasteiger partial charge in [-0.3, -0.25) is 4.99 Å². The van der Waals surface area contributed by atoms with Crippen molar-refractivity contribution >= 4 is 6.21 Å². The smallest absolute Gasteiger partial charge is 0.0501 e. The summed E-state index contributed by atoms with van der Waals surface area (Å²) in [5, 5.41) is 0. The van der Waals surface area contributed by atoms with Crippen molar-refractivity contribution in [3.8, 4) is 0 Å². The molecule has 1 aliphatic heterocycles. The minimum Gasteiger partial charge on any atom is -0.404 e. The van der Waals surface area contributed by atoms with E-state index >= 15 is 0 Å². The molecule has 1 saturated carbocycles. The van der Waals surface area contributed by atoms with Gasteiger partial charge in [0.15, 0.2) is 0 Å². The Morgan fingerprint density at radius 1 is 1.38 bits per heavy atom. The van der Waals surface area contributed by atoms with Crippen molar-refractivity contribution in [1.82, 2.24) is 4.90 Å². The largest absolute Gasteiger partial charge is 0.404 e. The zero-order valence-corrected chi connectivity index (χ0v) is 10.4. The highest BCUT2D eigenvalue weighted by Gasteiger charge is 2.25. The van der Waals surface area contributed by atoms with Crippen molar-refractivity contribution in [3.05, 3.63) is 11.8 Å². The molecule has 0 bridgehead atoms. The monoisotopic (exact) mass is 221 g/mol. The number of rotatable bonds is 3. The highest BCUT2D eigenvalue weighted by atomic mass is 15.1. The molecule has 0 aromatic carbocycles. The first-order chi connectivity index (χ1) is 7.69. The van der Waals surface area contributed by atoms with E-state index in [4.69, 9.17) is 5.73 Å². The van der Waals surface area contributed by atoms with E-state index in [2.05, 4.69) is 23.9 Å². The van der Waals surface area contributed by atoms with Gasteiger partial charge in [-0.25, -0.2) is 0 Å². The van der Waals surface area contributed by atoms with Gasteiger partial charge < -0.3 is 10.6 Å². The molecule has 0 aromatic heterocycles. The molecule has 1 heterocycles. The van der Waals surface area contributed by atoms with Gasteiger partial charge in [0.2, 0.25) is 0 Å². The molecule has 1 saturated heterocycles. The number of hydrogen-bond acceptors (Lipinski definition) is 3. The van der Waals surface area contributed by atoms with Gasteiger partial charge in [0, 0.05) is 19.3 Å². The normalized spacial score (nSPS) is 33.5. The molecular weight excluding hydrogens is 198 g/mol. The molecule has 2 aliphatic rings. The van der Waals surface area contributed by atoms with Crippen molar-refractivity contribution in [2.24, 2.45) is 22.6 Å². The number of nitrogens with two attached hydrogens (primary N) is 1. The Morgan fingerprint density at radius 2 is 2.12 bits per heavy atom. The Labute approximate surface area is 98.4 Å². The van der Waals surface area contributed by atoms with Crippen LogP contribution in [0.25, 0.3) is 0 Å². The molecule has 2 fully saturated rings. The van der Waals surface area contributed by atoms with E-state index in [0.29, 0.717) is 12.0 Å². The first kappa shape index (κ1) is 11.6. The molecule has 0 amide bonds. The van der Waals surface area contributed by atoms with Gasteiger partial charge in [-0.1, -0.05) is 6.92 Å². The fourth-order valence-electron chi connectivity index (χ4n) is 2.56. The molecule has 2 N–H and O–H groups in total. The van der Waals surface area contributed by atoms with Crippen LogP contribution in [-0.2, 0) is 0 Å². The highest BCUT2D eigenvalue weighted by Crippen LogP contribution is 2.27. The Hall–Kier alpha value is -0.830. The fraction of sp³-hybridized carbons (Fsp3) is 0.769. The Kier molecular flexibility index (Phi) is 3.64. The second-order valence-corrected chi connectivity index (χ2v) is 5.44. The molecule has 16 heavy (non-hydrogen) atoms. The summed E-state index contributed by atoms with van der Waals surface area (Å²) in [5.74, 6) is 1.33. The molecule has 0 spiro atoms. The molecule has 0 aromatic rings. The molecule has 3 heteroatoms. The summed E-state index contributed by atoms with van der Waals surface area (Å²) in [6.07, 6.45) is 7.53. The molecular formula is C13H23N3. The summed E-state index contributed by atoms with van der Waals surface area (Å²) < 4.78 is 0. The third-order valence-electron chi connectivity index (χ3n) is 3.49. The van der Waals surface area contributed by atoms with Crippen molar-refractivity contribution in [2.45, 2.75) is 32.2 Å². The van der Waals surface area contributed by atoms with Crippen LogP contribution in [0.1, 0.15) is 26.2 Å².